The van der Waals surface area contributed by atoms with E-state index in [0.29, 0.717) is 5.15 Å². The summed E-state index contributed by atoms with van der Waals surface area (Å²) in [5.41, 5.74) is 9.69. The van der Waals surface area contributed by atoms with Gasteiger partial charge in [0.25, 0.3) is 0 Å². The first kappa shape index (κ1) is 16.8. The van der Waals surface area contributed by atoms with Gasteiger partial charge >= 0.3 is 0 Å². The maximum atomic E-state index is 6.63. The maximum Gasteiger partial charge on any atom is 0.221 e. The van der Waals surface area contributed by atoms with E-state index >= 15 is 0 Å². The molecule has 4 saturated carbocycles. The van der Waals surface area contributed by atoms with E-state index in [1.165, 1.54) is 37.7 Å². The molecule has 4 aliphatic carbocycles. The van der Waals surface area contributed by atoms with Crippen LogP contribution in [-0.2, 0) is 10.8 Å². The Bertz CT molecular complexity index is 840. The fourth-order valence-corrected chi connectivity index (χ4v) is 7.41. The highest BCUT2D eigenvalue weighted by Crippen LogP contribution is 2.66. The number of halogens is 2. The fraction of sp³-hybridized carbons (Fsp3) is 0.524. The minimum absolute atomic E-state index is 0.0819. The third-order valence-corrected chi connectivity index (χ3v) is 7.64. The lowest BCUT2D eigenvalue weighted by Crippen LogP contribution is -2.56. The second kappa shape index (κ2) is 5.59. The van der Waals surface area contributed by atoms with E-state index in [4.69, 9.17) is 28.9 Å². The number of benzene rings is 1. The zero-order valence-corrected chi connectivity index (χ0v) is 16.4. The highest BCUT2D eigenvalue weighted by atomic mass is 35.5. The van der Waals surface area contributed by atoms with Gasteiger partial charge in [-0.1, -0.05) is 35.3 Å². The predicted octanol–water partition coefficient (Wildman–Crippen LogP) is 5.46. The summed E-state index contributed by atoms with van der Waals surface area (Å²) in [5.74, 6) is 1.77. The molecule has 0 saturated heterocycles. The molecule has 0 aliphatic heterocycles. The van der Waals surface area contributed by atoms with E-state index < -0.39 is 0 Å². The van der Waals surface area contributed by atoms with Gasteiger partial charge in [-0.3, -0.25) is 0 Å². The van der Waals surface area contributed by atoms with Crippen molar-refractivity contribution in [2.45, 2.75) is 56.3 Å². The van der Waals surface area contributed by atoms with Crippen molar-refractivity contribution in [3.8, 4) is 0 Å². The van der Waals surface area contributed by atoms with Crippen LogP contribution in [0.2, 0.25) is 10.2 Å². The molecular weight excluding hydrogens is 365 g/mol. The third-order valence-electron chi connectivity index (χ3n) is 7.11. The Morgan fingerprint density at radius 1 is 0.962 bits per heavy atom. The number of anilines is 1. The van der Waals surface area contributed by atoms with Gasteiger partial charge in [0.2, 0.25) is 5.95 Å². The molecule has 4 bridgehead atoms. The van der Waals surface area contributed by atoms with Crippen LogP contribution in [0.1, 0.15) is 55.3 Å². The highest BCUT2D eigenvalue weighted by molar-refractivity contribution is 6.30. The second-order valence-corrected chi connectivity index (χ2v) is 9.66. The molecule has 1 aromatic carbocycles. The molecule has 6 rings (SSSR count). The fourth-order valence-electron chi connectivity index (χ4n) is 6.86. The number of nitrogens with two attached hydrogens (primary N) is 1. The molecule has 5 heteroatoms. The largest absolute Gasteiger partial charge is 0.368 e. The Labute approximate surface area is 164 Å². The van der Waals surface area contributed by atoms with Crippen molar-refractivity contribution < 1.29 is 0 Å². The Morgan fingerprint density at radius 3 is 2.19 bits per heavy atom. The van der Waals surface area contributed by atoms with E-state index in [-0.39, 0.29) is 16.8 Å². The maximum absolute atomic E-state index is 6.63. The lowest BCUT2D eigenvalue weighted by molar-refractivity contribution is -0.0286. The number of hydrogen-bond acceptors (Lipinski definition) is 3. The Balaban J connectivity index is 1.65. The predicted molar refractivity (Wildman–Crippen MR) is 106 cm³/mol. The summed E-state index contributed by atoms with van der Waals surface area (Å²) in [4.78, 5) is 8.78. The third kappa shape index (κ3) is 2.40. The van der Waals surface area contributed by atoms with Crippen molar-refractivity contribution in [1.29, 1.82) is 0 Å². The number of aromatic nitrogens is 2. The SMILES string of the molecule is Cc1nc(N)nc(Cl)c1C12CC3CC(CC(c4ccc(Cl)cc4)(C3)C1)C2. The summed E-state index contributed by atoms with van der Waals surface area (Å²) >= 11 is 12.8. The summed E-state index contributed by atoms with van der Waals surface area (Å²) in [6.07, 6.45) is 7.43. The first-order chi connectivity index (χ1) is 12.4. The van der Waals surface area contributed by atoms with Gasteiger partial charge in [-0.25, -0.2) is 9.97 Å². The van der Waals surface area contributed by atoms with Gasteiger partial charge in [0.15, 0.2) is 0 Å². The normalized spacial score (nSPS) is 35.0. The number of rotatable bonds is 2. The second-order valence-electron chi connectivity index (χ2n) is 8.86. The number of nitrogen functional groups attached to an aromatic ring is 1. The zero-order valence-electron chi connectivity index (χ0n) is 14.9. The molecule has 1 heterocycles. The topological polar surface area (TPSA) is 51.8 Å². The van der Waals surface area contributed by atoms with E-state index in [0.717, 1.165) is 34.5 Å². The van der Waals surface area contributed by atoms with Crippen LogP contribution in [0.25, 0.3) is 0 Å². The van der Waals surface area contributed by atoms with Gasteiger partial charge < -0.3 is 5.73 Å². The Morgan fingerprint density at radius 2 is 1.58 bits per heavy atom. The summed E-state index contributed by atoms with van der Waals surface area (Å²) in [5, 5.41) is 1.36. The number of hydrogen-bond donors (Lipinski definition) is 1. The van der Waals surface area contributed by atoms with Gasteiger partial charge in [0, 0.05) is 21.7 Å². The van der Waals surface area contributed by atoms with Crippen LogP contribution in [0.15, 0.2) is 24.3 Å². The van der Waals surface area contributed by atoms with Gasteiger partial charge in [0.05, 0.1) is 0 Å². The minimum Gasteiger partial charge on any atom is -0.368 e. The van der Waals surface area contributed by atoms with E-state index in [1.807, 2.05) is 19.1 Å². The van der Waals surface area contributed by atoms with Gasteiger partial charge in [-0.15, -0.1) is 0 Å². The van der Waals surface area contributed by atoms with Crippen molar-refractivity contribution in [2.24, 2.45) is 11.8 Å². The zero-order chi connectivity index (χ0) is 18.1. The molecule has 3 nitrogen and oxygen atoms in total. The first-order valence-electron chi connectivity index (χ1n) is 9.45. The van der Waals surface area contributed by atoms with Gasteiger partial charge in [0.1, 0.15) is 5.15 Å². The number of aryl methyl sites for hydroxylation is 1. The molecule has 0 amide bonds. The minimum atomic E-state index is 0.0819. The van der Waals surface area contributed by atoms with Crippen LogP contribution in [0.4, 0.5) is 5.95 Å². The quantitative estimate of drug-likeness (QED) is 0.695. The van der Waals surface area contributed by atoms with Crippen LogP contribution in [0.3, 0.4) is 0 Å². The molecular formula is C21H23Cl2N3. The van der Waals surface area contributed by atoms with Crippen molar-refractivity contribution >= 4 is 29.2 Å². The first-order valence-corrected chi connectivity index (χ1v) is 10.2. The summed E-state index contributed by atoms with van der Waals surface area (Å²) in [6, 6.07) is 8.54. The summed E-state index contributed by atoms with van der Waals surface area (Å²) < 4.78 is 0. The molecule has 26 heavy (non-hydrogen) atoms. The van der Waals surface area contributed by atoms with E-state index in [1.54, 1.807) is 0 Å². The van der Waals surface area contributed by atoms with Crippen molar-refractivity contribution in [1.82, 2.24) is 9.97 Å². The highest BCUT2D eigenvalue weighted by Gasteiger charge is 2.59. The molecule has 2 N–H and O–H groups in total. The van der Waals surface area contributed by atoms with Crippen LogP contribution in [-0.4, -0.2) is 9.97 Å². The molecule has 2 unspecified atom stereocenters. The van der Waals surface area contributed by atoms with Crippen molar-refractivity contribution in [3.63, 3.8) is 0 Å². The van der Waals surface area contributed by atoms with Crippen molar-refractivity contribution in [2.75, 3.05) is 5.73 Å². The molecule has 0 radical (unpaired) electrons. The Kier molecular flexibility index (Phi) is 3.62. The van der Waals surface area contributed by atoms with Gasteiger partial charge in [-0.2, -0.15) is 0 Å². The molecule has 2 aromatic rings. The number of nitrogens with zero attached hydrogens (tertiary/aromatic N) is 2. The van der Waals surface area contributed by atoms with Crippen LogP contribution < -0.4 is 5.73 Å². The molecule has 136 valence electrons. The molecule has 2 atom stereocenters. The van der Waals surface area contributed by atoms with Crippen LogP contribution in [0, 0.1) is 18.8 Å². The standard InChI is InChI=1S/C21H23Cl2N3/c1-12-17(18(23)26-19(24)25-12)21-9-13-6-14(10-21)8-20(7-13,11-21)15-2-4-16(22)5-3-15/h2-5,13-14H,6-11H2,1H3,(H2,24,25,26). The molecule has 1 aromatic heterocycles. The lowest BCUT2D eigenvalue weighted by atomic mass is 9.41. The molecule has 4 aliphatic rings. The summed E-state index contributed by atoms with van der Waals surface area (Å²) in [7, 11) is 0. The molecule has 0 spiro atoms. The van der Waals surface area contributed by atoms with Crippen LogP contribution >= 0.6 is 23.2 Å². The summed E-state index contributed by atoms with van der Waals surface area (Å²) in [6.45, 7) is 2.03. The molecule has 4 fully saturated rings. The van der Waals surface area contributed by atoms with Gasteiger partial charge in [-0.05, 0) is 80.4 Å². The van der Waals surface area contributed by atoms with E-state index in [2.05, 4.69) is 22.1 Å². The smallest absolute Gasteiger partial charge is 0.221 e. The Hall–Kier alpha value is -1.32. The van der Waals surface area contributed by atoms with Crippen LogP contribution in [0.5, 0.6) is 0 Å². The lowest BCUT2D eigenvalue weighted by Gasteiger charge is -2.62. The van der Waals surface area contributed by atoms with E-state index in [9.17, 15) is 0 Å². The average molecular weight is 388 g/mol. The monoisotopic (exact) mass is 387 g/mol. The average Bonchev–Trinajstić information content (AvgIpc) is 2.52. The van der Waals surface area contributed by atoms with Crippen molar-refractivity contribution in [3.05, 3.63) is 51.3 Å².